The van der Waals surface area contributed by atoms with E-state index in [0.29, 0.717) is 31.6 Å². The molecule has 1 aliphatic carbocycles. The van der Waals surface area contributed by atoms with Crippen molar-refractivity contribution in [2.24, 2.45) is 11.8 Å². The molecule has 5 nitrogen and oxygen atoms in total. The molecule has 1 fully saturated rings. The summed E-state index contributed by atoms with van der Waals surface area (Å²) in [6.07, 6.45) is 8.96. The minimum atomic E-state index is -1.20. The van der Waals surface area contributed by atoms with Gasteiger partial charge < -0.3 is 14.6 Å². The van der Waals surface area contributed by atoms with Crippen LogP contribution in [0.4, 0.5) is 4.39 Å². The number of aliphatic hydroxyl groups is 1. The monoisotopic (exact) mass is 402 g/mol. The maximum absolute atomic E-state index is 13.1. The van der Waals surface area contributed by atoms with Crippen LogP contribution in [0.15, 0.2) is 54.3 Å². The summed E-state index contributed by atoms with van der Waals surface area (Å²) in [4.78, 5) is 23.2. The molecular weight excluding hydrogens is 375 g/mol. The number of allylic oxidation sites excluding steroid dienone is 1. The molecule has 0 aromatic heterocycles. The normalized spacial score (nSPS) is 19.6. The fourth-order valence-corrected chi connectivity index (χ4v) is 3.23. The van der Waals surface area contributed by atoms with Crippen molar-refractivity contribution in [3.8, 4) is 5.75 Å². The van der Waals surface area contributed by atoms with E-state index >= 15 is 0 Å². The minimum Gasteiger partial charge on any atom is -0.493 e. The average Bonchev–Trinajstić information content (AvgIpc) is 3.06. The quantitative estimate of drug-likeness (QED) is 0.279. The zero-order valence-corrected chi connectivity index (χ0v) is 16.6. The van der Waals surface area contributed by atoms with Crippen LogP contribution in [0.3, 0.4) is 0 Å². The Bertz CT molecular complexity index is 779. The highest BCUT2D eigenvalue weighted by Crippen LogP contribution is 2.32. The maximum Gasteiger partial charge on any atom is 0.335 e. The number of carbonyl (C=O) groups is 2. The number of ketones is 1. The van der Waals surface area contributed by atoms with Crippen molar-refractivity contribution in [3.63, 3.8) is 0 Å². The van der Waals surface area contributed by atoms with Crippen molar-refractivity contribution in [2.75, 3.05) is 13.7 Å². The largest absolute Gasteiger partial charge is 0.493 e. The molecule has 0 spiro atoms. The zero-order chi connectivity index (χ0) is 21.1. The lowest BCUT2D eigenvalue weighted by atomic mass is 9.91. The Kier molecular flexibility index (Phi) is 9.35. The van der Waals surface area contributed by atoms with E-state index in [1.807, 2.05) is 6.08 Å². The van der Waals surface area contributed by atoms with E-state index in [4.69, 9.17) is 4.74 Å². The highest BCUT2D eigenvalue weighted by atomic mass is 19.1. The fraction of sp³-hybridized carbons (Fsp3) is 0.435. The zero-order valence-electron chi connectivity index (χ0n) is 16.6. The number of hydrogen-bond acceptors (Lipinski definition) is 5. The number of carbonyl (C=O) groups excluding carboxylic acids is 2. The molecule has 1 aromatic carbocycles. The van der Waals surface area contributed by atoms with Gasteiger partial charge in [-0.3, -0.25) is 4.79 Å². The molecule has 1 N–H and O–H groups in total. The Hall–Kier alpha value is -2.69. The molecule has 0 bridgehead atoms. The molecule has 0 aliphatic heterocycles. The number of aliphatic hydroxyl groups excluding tert-OH is 1. The molecule has 0 amide bonds. The molecule has 2 rings (SSSR count). The molecule has 3 atom stereocenters. The molecule has 156 valence electrons. The summed E-state index contributed by atoms with van der Waals surface area (Å²) in [7, 11) is 1.22. The first-order valence-corrected chi connectivity index (χ1v) is 9.74. The summed E-state index contributed by atoms with van der Waals surface area (Å²) in [5, 5.41) is 9.49. The number of halogens is 1. The van der Waals surface area contributed by atoms with E-state index in [9.17, 15) is 19.1 Å². The van der Waals surface area contributed by atoms with Gasteiger partial charge in [-0.15, -0.1) is 5.73 Å². The van der Waals surface area contributed by atoms with E-state index in [1.165, 1.54) is 19.2 Å². The van der Waals surface area contributed by atoms with Crippen molar-refractivity contribution in [1.82, 2.24) is 0 Å². The predicted molar refractivity (Wildman–Crippen MR) is 107 cm³/mol. The number of methoxy groups -OCH3 is 1. The van der Waals surface area contributed by atoms with Crippen molar-refractivity contribution < 1.29 is 28.6 Å². The van der Waals surface area contributed by atoms with Crippen LogP contribution in [-0.2, 0) is 14.3 Å². The number of hydrogen-bond donors (Lipinski definition) is 1. The smallest absolute Gasteiger partial charge is 0.335 e. The molecule has 6 heteroatoms. The van der Waals surface area contributed by atoms with Crippen molar-refractivity contribution >= 4 is 11.8 Å². The van der Waals surface area contributed by atoms with Gasteiger partial charge in [-0.05, 0) is 49.5 Å². The maximum atomic E-state index is 13.1. The summed E-state index contributed by atoms with van der Waals surface area (Å²) >= 11 is 0. The van der Waals surface area contributed by atoms with Gasteiger partial charge >= 0.3 is 5.97 Å². The van der Waals surface area contributed by atoms with Crippen LogP contribution < -0.4 is 4.74 Å². The van der Waals surface area contributed by atoms with Crippen LogP contribution >= 0.6 is 0 Å². The van der Waals surface area contributed by atoms with Crippen molar-refractivity contribution in [3.05, 3.63) is 60.1 Å². The molecule has 0 saturated heterocycles. The Balaban J connectivity index is 1.76. The Morgan fingerprint density at radius 1 is 1.41 bits per heavy atom. The van der Waals surface area contributed by atoms with Crippen molar-refractivity contribution in [2.45, 2.75) is 38.2 Å². The number of Topliss-reactive ketones (excluding diaryl/α,β-unsaturated/α-hetero) is 1. The van der Waals surface area contributed by atoms with Gasteiger partial charge in [0.25, 0.3) is 0 Å². The van der Waals surface area contributed by atoms with Gasteiger partial charge in [-0.2, -0.15) is 0 Å². The Morgan fingerprint density at radius 2 is 2.24 bits per heavy atom. The molecule has 1 saturated carbocycles. The van der Waals surface area contributed by atoms with E-state index < -0.39 is 12.1 Å². The van der Waals surface area contributed by atoms with Crippen molar-refractivity contribution in [1.29, 1.82) is 0 Å². The summed E-state index contributed by atoms with van der Waals surface area (Å²) < 4.78 is 23.0. The van der Waals surface area contributed by atoms with E-state index in [1.54, 1.807) is 24.3 Å². The molecular formula is C23H27FO5. The predicted octanol–water partition coefficient (Wildman–Crippen LogP) is 3.77. The Morgan fingerprint density at radius 3 is 3.00 bits per heavy atom. The highest BCUT2D eigenvalue weighted by Gasteiger charge is 2.31. The summed E-state index contributed by atoms with van der Waals surface area (Å²) in [6, 6.07) is 6.03. The first-order valence-electron chi connectivity index (χ1n) is 9.74. The van der Waals surface area contributed by atoms with E-state index in [2.05, 4.69) is 16.5 Å². The SMILES string of the molecule is COC(=O)C(O)CC=C=CC[C@H]1C(=O)CC[C@@H]1/C=C/CCOc1cccc(F)c1. The van der Waals surface area contributed by atoms with Crippen LogP contribution in [0.1, 0.15) is 32.1 Å². The second-order valence-electron chi connectivity index (χ2n) is 6.88. The van der Waals surface area contributed by atoms with Gasteiger partial charge in [0.1, 0.15) is 17.3 Å². The van der Waals surface area contributed by atoms with Crippen LogP contribution in [-0.4, -0.2) is 36.7 Å². The third-order valence-corrected chi connectivity index (χ3v) is 4.81. The first kappa shape index (κ1) is 22.6. The van der Waals surface area contributed by atoms with Crippen LogP contribution in [0.5, 0.6) is 5.75 Å². The lowest BCUT2D eigenvalue weighted by Crippen LogP contribution is -2.20. The molecule has 1 aliphatic rings. The molecule has 0 radical (unpaired) electrons. The van der Waals surface area contributed by atoms with Crippen LogP contribution in [0, 0.1) is 17.7 Å². The van der Waals surface area contributed by atoms with Crippen LogP contribution in [0.2, 0.25) is 0 Å². The lowest BCUT2D eigenvalue weighted by molar-refractivity contribution is -0.150. The number of benzene rings is 1. The van der Waals surface area contributed by atoms with Gasteiger partial charge in [0, 0.05) is 24.8 Å². The topological polar surface area (TPSA) is 72.8 Å². The van der Waals surface area contributed by atoms with Gasteiger partial charge in [-0.1, -0.05) is 18.2 Å². The van der Waals surface area contributed by atoms with Crippen LogP contribution in [0.25, 0.3) is 0 Å². The van der Waals surface area contributed by atoms with Gasteiger partial charge in [0.2, 0.25) is 0 Å². The second-order valence-corrected chi connectivity index (χ2v) is 6.88. The van der Waals surface area contributed by atoms with Gasteiger partial charge in [0.15, 0.2) is 6.10 Å². The van der Waals surface area contributed by atoms with E-state index in [-0.39, 0.29) is 29.9 Å². The first-order chi connectivity index (χ1) is 14.0. The lowest BCUT2D eigenvalue weighted by Gasteiger charge is -2.12. The molecule has 0 heterocycles. The molecule has 29 heavy (non-hydrogen) atoms. The third kappa shape index (κ3) is 7.68. The summed E-state index contributed by atoms with van der Waals surface area (Å²) in [5.74, 6) is -0.171. The minimum absolute atomic E-state index is 0.0816. The number of esters is 1. The third-order valence-electron chi connectivity index (χ3n) is 4.81. The second kappa shape index (κ2) is 12.0. The summed E-state index contributed by atoms with van der Waals surface area (Å²) in [6.45, 7) is 0.441. The highest BCUT2D eigenvalue weighted by molar-refractivity contribution is 5.83. The molecule has 1 aromatic rings. The average molecular weight is 402 g/mol. The van der Waals surface area contributed by atoms with Gasteiger partial charge in [-0.25, -0.2) is 9.18 Å². The van der Waals surface area contributed by atoms with Gasteiger partial charge in [0.05, 0.1) is 13.7 Å². The summed E-state index contributed by atoms with van der Waals surface area (Å²) in [5.41, 5.74) is 2.92. The standard InChI is InChI=1S/C23H27FO5/c1-28-23(27)22(26)12-4-2-3-11-20-17(13-14-21(20)25)8-5-6-15-29-19-10-7-9-18(24)16-19/h3-5,7-10,16-17,20,22,26H,6,11-15H2,1H3/b8-5+/t2?,17-,20+,22?/m0/s1. The van der Waals surface area contributed by atoms with E-state index in [0.717, 1.165) is 6.42 Å². The Labute approximate surface area is 170 Å². The number of ether oxygens (including phenoxy) is 2. The number of rotatable bonds is 10. The molecule has 1 unspecified atom stereocenters. The fourth-order valence-electron chi connectivity index (χ4n) is 3.23.